The van der Waals surface area contributed by atoms with E-state index in [1.807, 2.05) is 0 Å². The molecule has 0 saturated carbocycles. The minimum Gasteiger partial charge on any atom is -0.497 e. The summed E-state index contributed by atoms with van der Waals surface area (Å²) in [5.41, 5.74) is 0.605. The van der Waals surface area contributed by atoms with Gasteiger partial charge >= 0.3 is 0 Å². The Morgan fingerprint density at radius 1 is 1.08 bits per heavy atom. The van der Waals surface area contributed by atoms with E-state index in [2.05, 4.69) is 10.2 Å². The van der Waals surface area contributed by atoms with Gasteiger partial charge in [-0.25, -0.2) is 0 Å². The van der Waals surface area contributed by atoms with E-state index >= 15 is 0 Å². The molecule has 0 radical (unpaired) electrons. The Balaban J connectivity index is 1.90. The quantitative estimate of drug-likeness (QED) is 0.484. The van der Waals surface area contributed by atoms with E-state index in [-0.39, 0.29) is 16.8 Å². The van der Waals surface area contributed by atoms with Crippen LogP contribution < -0.4 is 9.47 Å². The van der Waals surface area contributed by atoms with Crippen LogP contribution in [0.1, 0.15) is 0 Å². The number of rotatable bonds is 6. The Morgan fingerprint density at radius 2 is 1.76 bits per heavy atom. The lowest BCUT2D eigenvalue weighted by Gasteiger charge is -2.05. The van der Waals surface area contributed by atoms with Crippen LogP contribution in [-0.4, -0.2) is 29.3 Å². The van der Waals surface area contributed by atoms with Gasteiger partial charge < -0.3 is 13.9 Å². The van der Waals surface area contributed by atoms with Crippen LogP contribution in [0.3, 0.4) is 0 Å². The maximum Gasteiger partial charge on any atom is 0.283 e. The van der Waals surface area contributed by atoms with E-state index in [0.29, 0.717) is 22.0 Å². The minimum atomic E-state index is -0.452. The summed E-state index contributed by atoms with van der Waals surface area (Å²) in [5.74, 6) is 1.43. The van der Waals surface area contributed by atoms with Crippen LogP contribution in [0.15, 0.2) is 57.0 Å². The Morgan fingerprint density at radius 3 is 2.40 bits per heavy atom. The van der Waals surface area contributed by atoms with Crippen molar-refractivity contribution < 1.29 is 18.8 Å². The SMILES string of the molecule is COc1cc(OC)cc(-c2nnc(Sc3ccccc3[N+](=O)[O-])o2)c1. The fraction of sp³-hybridized carbons (Fsp3) is 0.125. The van der Waals surface area contributed by atoms with Gasteiger partial charge in [0.25, 0.3) is 10.9 Å². The molecule has 0 atom stereocenters. The van der Waals surface area contributed by atoms with Crippen LogP contribution in [0.5, 0.6) is 11.5 Å². The molecule has 0 unspecified atom stereocenters. The number of methoxy groups -OCH3 is 2. The number of nitro groups is 1. The van der Waals surface area contributed by atoms with Crippen molar-refractivity contribution in [2.45, 2.75) is 10.1 Å². The molecule has 25 heavy (non-hydrogen) atoms. The average molecular weight is 359 g/mol. The molecule has 0 aliphatic carbocycles. The molecule has 0 fully saturated rings. The standard InChI is InChI=1S/C16H13N3O5S/c1-22-11-7-10(8-12(9-11)23-2)15-17-18-16(24-15)25-14-6-4-3-5-13(14)19(20)21/h3-9H,1-2H3. The molecule has 0 amide bonds. The fourth-order valence-corrected chi connectivity index (χ4v) is 2.87. The summed E-state index contributed by atoms with van der Waals surface area (Å²) in [7, 11) is 3.09. The Kier molecular flexibility index (Phi) is 4.85. The molecule has 0 bridgehead atoms. The molecule has 3 rings (SSSR count). The monoisotopic (exact) mass is 359 g/mol. The van der Waals surface area contributed by atoms with E-state index in [4.69, 9.17) is 13.9 Å². The number of nitrogens with zero attached hydrogens (tertiary/aromatic N) is 3. The summed E-state index contributed by atoms with van der Waals surface area (Å²) in [5, 5.41) is 19.2. The number of hydrogen-bond donors (Lipinski definition) is 0. The van der Waals surface area contributed by atoms with Crippen LogP contribution in [0.4, 0.5) is 5.69 Å². The molecule has 1 heterocycles. The zero-order valence-corrected chi connectivity index (χ0v) is 14.1. The summed E-state index contributed by atoms with van der Waals surface area (Å²) < 4.78 is 16.0. The van der Waals surface area contributed by atoms with Gasteiger partial charge in [0.1, 0.15) is 11.5 Å². The van der Waals surface area contributed by atoms with Crippen molar-refractivity contribution in [1.82, 2.24) is 10.2 Å². The third kappa shape index (κ3) is 3.72. The molecular formula is C16H13N3O5S. The van der Waals surface area contributed by atoms with Gasteiger partial charge in [-0.05, 0) is 30.0 Å². The van der Waals surface area contributed by atoms with Crippen molar-refractivity contribution in [3.05, 3.63) is 52.6 Å². The molecule has 3 aromatic rings. The van der Waals surface area contributed by atoms with Crippen molar-refractivity contribution in [3.63, 3.8) is 0 Å². The highest BCUT2D eigenvalue weighted by molar-refractivity contribution is 7.99. The number of ether oxygens (including phenoxy) is 2. The van der Waals surface area contributed by atoms with Gasteiger partial charge in [-0.3, -0.25) is 10.1 Å². The molecular weight excluding hydrogens is 346 g/mol. The van der Waals surface area contributed by atoms with Crippen molar-refractivity contribution in [2.24, 2.45) is 0 Å². The first-order chi connectivity index (χ1) is 12.1. The number of nitro benzene ring substituents is 1. The van der Waals surface area contributed by atoms with E-state index in [0.717, 1.165) is 11.8 Å². The molecule has 128 valence electrons. The maximum atomic E-state index is 11.1. The summed E-state index contributed by atoms with van der Waals surface area (Å²) >= 11 is 1.03. The smallest absolute Gasteiger partial charge is 0.283 e. The largest absolute Gasteiger partial charge is 0.497 e. The summed E-state index contributed by atoms with van der Waals surface area (Å²) in [4.78, 5) is 11.0. The van der Waals surface area contributed by atoms with Crippen LogP contribution in [0.25, 0.3) is 11.5 Å². The van der Waals surface area contributed by atoms with Gasteiger partial charge in [0.2, 0.25) is 5.89 Å². The average Bonchev–Trinajstić information content (AvgIpc) is 3.10. The predicted octanol–water partition coefficient (Wildman–Crippen LogP) is 3.81. The first-order valence-corrected chi connectivity index (χ1v) is 7.90. The first-order valence-electron chi connectivity index (χ1n) is 7.09. The Labute approximate surface area is 146 Å². The molecule has 0 saturated heterocycles. The molecule has 8 nitrogen and oxygen atoms in total. The lowest BCUT2D eigenvalue weighted by atomic mass is 10.2. The zero-order chi connectivity index (χ0) is 17.8. The highest BCUT2D eigenvalue weighted by atomic mass is 32.2. The van der Waals surface area contributed by atoms with Gasteiger partial charge in [0.15, 0.2) is 0 Å². The number of aromatic nitrogens is 2. The highest BCUT2D eigenvalue weighted by Gasteiger charge is 2.18. The molecule has 2 aromatic carbocycles. The predicted molar refractivity (Wildman–Crippen MR) is 90.1 cm³/mol. The van der Waals surface area contributed by atoms with Crippen molar-refractivity contribution in [2.75, 3.05) is 14.2 Å². The van der Waals surface area contributed by atoms with Gasteiger partial charge in [-0.1, -0.05) is 12.1 Å². The van der Waals surface area contributed by atoms with E-state index in [1.54, 1.807) is 50.6 Å². The normalized spacial score (nSPS) is 10.5. The third-order valence-electron chi connectivity index (χ3n) is 3.26. The molecule has 9 heteroatoms. The van der Waals surface area contributed by atoms with Crippen molar-refractivity contribution in [3.8, 4) is 23.0 Å². The van der Waals surface area contributed by atoms with Gasteiger partial charge in [0.05, 0.1) is 24.0 Å². The van der Waals surface area contributed by atoms with Gasteiger partial charge in [0, 0.05) is 17.7 Å². The molecule has 0 aliphatic rings. The van der Waals surface area contributed by atoms with Gasteiger partial charge in [-0.2, -0.15) is 0 Å². The van der Waals surface area contributed by atoms with Crippen LogP contribution in [-0.2, 0) is 0 Å². The Hall–Kier alpha value is -3.07. The van der Waals surface area contributed by atoms with E-state index < -0.39 is 4.92 Å². The lowest BCUT2D eigenvalue weighted by molar-refractivity contribution is -0.387. The van der Waals surface area contributed by atoms with Crippen LogP contribution in [0.2, 0.25) is 0 Å². The second-order valence-electron chi connectivity index (χ2n) is 4.80. The molecule has 1 aromatic heterocycles. The van der Waals surface area contributed by atoms with E-state index in [1.165, 1.54) is 6.07 Å². The van der Waals surface area contributed by atoms with E-state index in [9.17, 15) is 10.1 Å². The second-order valence-corrected chi connectivity index (χ2v) is 5.79. The number of benzene rings is 2. The van der Waals surface area contributed by atoms with Crippen molar-refractivity contribution in [1.29, 1.82) is 0 Å². The van der Waals surface area contributed by atoms with Crippen molar-refractivity contribution >= 4 is 17.4 Å². The third-order valence-corrected chi connectivity index (χ3v) is 4.17. The number of para-hydroxylation sites is 1. The molecule has 0 spiro atoms. The number of hydrogen-bond acceptors (Lipinski definition) is 8. The summed E-state index contributed by atoms with van der Waals surface area (Å²) in [6.45, 7) is 0. The molecule has 0 aliphatic heterocycles. The first kappa shape index (κ1) is 16.8. The lowest BCUT2D eigenvalue weighted by Crippen LogP contribution is -1.89. The Bertz CT molecular complexity index is 890. The highest BCUT2D eigenvalue weighted by Crippen LogP contribution is 2.36. The fourth-order valence-electron chi connectivity index (χ4n) is 2.09. The maximum absolute atomic E-state index is 11.1. The topological polar surface area (TPSA) is 101 Å². The molecule has 0 N–H and O–H groups in total. The zero-order valence-electron chi connectivity index (χ0n) is 13.3. The minimum absolute atomic E-state index is 0.0182. The summed E-state index contributed by atoms with van der Waals surface area (Å²) in [6.07, 6.45) is 0. The van der Waals surface area contributed by atoms with Crippen LogP contribution >= 0.6 is 11.8 Å². The summed E-state index contributed by atoms with van der Waals surface area (Å²) in [6, 6.07) is 11.5. The van der Waals surface area contributed by atoms with Gasteiger partial charge in [-0.15, -0.1) is 10.2 Å². The second kappa shape index (κ2) is 7.22. The van der Waals surface area contributed by atoms with Crippen LogP contribution in [0, 0.1) is 10.1 Å².